The van der Waals surface area contributed by atoms with Crippen LogP contribution in [0.25, 0.3) is 0 Å². The van der Waals surface area contributed by atoms with Crippen LogP contribution in [0.4, 0.5) is 18.9 Å². The number of anilines is 1. The van der Waals surface area contributed by atoms with E-state index in [0.29, 0.717) is 18.5 Å². The van der Waals surface area contributed by atoms with Crippen molar-refractivity contribution < 1.29 is 18.4 Å². The Morgan fingerprint density at radius 1 is 1.37 bits per heavy atom. The fourth-order valence-electron chi connectivity index (χ4n) is 2.76. The van der Waals surface area contributed by atoms with Crippen molar-refractivity contribution in [1.29, 1.82) is 0 Å². The first-order valence-corrected chi connectivity index (χ1v) is 6.42. The molecule has 1 fully saturated rings. The number of halogens is 3. The summed E-state index contributed by atoms with van der Waals surface area (Å²) < 4.78 is 39.5. The lowest BCUT2D eigenvalue weighted by Gasteiger charge is -2.33. The summed E-state index contributed by atoms with van der Waals surface area (Å²) >= 11 is 0. The van der Waals surface area contributed by atoms with Crippen molar-refractivity contribution in [3.05, 3.63) is 12.4 Å². The first kappa shape index (κ1) is 14.2. The zero-order valence-corrected chi connectivity index (χ0v) is 10.7. The summed E-state index contributed by atoms with van der Waals surface area (Å²) in [5.41, 5.74) is 2.48. The summed E-state index contributed by atoms with van der Waals surface area (Å²) in [7, 11) is 0. The minimum absolute atomic E-state index is 0.0382. The van der Waals surface area contributed by atoms with E-state index in [2.05, 4.69) is 5.10 Å². The second kappa shape index (κ2) is 5.40. The molecule has 1 aromatic rings. The third-order valence-electron chi connectivity index (χ3n) is 4.06. The van der Waals surface area contributed by atoms with Gasteiger partial charge in [0, 0.05) is 0 Å². The molecule has 19 heavy (non-hydrogen) atoms. The molecular weight excluding hydrogens is 259 g/mol. The summed E-state index contributed by atoms with van der Waals surface area (Å²) in [6, 6.07) is 0.0382. The van der Waals surface area contributed by atoms with Crippen LogP contribution in [-0.2, 0) is 0 Å². The molecule has 2 rings (SSSR count). The van der Waals surface area contributed by atoms with Crippen molar-refractivity contribution in [1.82, 2.24) is 9.78 Å². The molecule has 7 heteroatoms. The lowest BCUT2D eigenvalue weighted by molar-refractivity contribution is -0.184. The van der Waals surface area contributed by atoms with E-state index in [1.807, 2.05) is 12.4 Å². The van der Waals surface area contributed by atoms with Crippen LogP contribution in [0.2, 0.25) is 0 Å². The van der Waals surface area contributed by atoms with E-state index in [4.69, 9.17) is 5.21 Å². The molecular formula is C12H18F3N3O. The number of rotatable bonds is 3. The second-order valence-corrected chi connectivity index (χ2v) is 5.21. The molecule has 0 aromatic carbocycles. The Morgan fingerprint density at radius 3 is 2.47 bits per heavy atom. The normalized spacial score (nSPS) is 26.2. The molecule has 0 spiro atoms. The van der Waals surface area contributed by atoms with Crippen LogP contribution in [0.3, 0.4) is 0 Å². The molecule has 108 valence electrons. The summed E-state index contributed by atoms with van der Waals surface area (Å²) in [4.78, 5) is 0. The van der Waals surface area contributed by atoms with E-state index >= 15 is 0 Å². The Balaban J connectivity index is 1.94. The van der Waals surface area contributed by atoms with Gasteiger partial charge in [0.1, 0.15) is 0 Å². The highest BCUT2D eigenvalue weighted by Gasteiger charge is 2.42. The van der Waals surface area contributed by atoms with Gasteiger partial charge in [-0.15, -0.1) is 0 Å². The largest absolute Gasteiger partial charge is 0.391 e. The number of aromatic nitrogens is 2. The fourth-order valence-corrected chi connectivity index (χ4v) is 2.76. The van der Waals surface area contributed by atoms with E-state index < -0.39 is 12.1 Å². The van der Waals surface area contributed by atoms with E-state index in [0.717, 1.165) is 0 Å². The highest BCUT2D eigenvalue weighted by molar-refractivity contribution is 5.34. The SMILES string of the molecule is CC(C1CCC(C(F)(F)F)CC1)n1cc(NO)cn1. The van der Waals surface area contributed by atoms with Crippen molar-refractivity contribution in [2.45, 2.75) is 44.8 Å². The van der Waals surface area contributed by atoms with Gasteiger partial charge in [-0.25, -0.2) is 0 Å². The zero-order chi connectivity index (χ0) is 14.0. The second-order valence-electron chi connectivity index (χ2n) is 5.21. The van der Waals surface area contributed by atoms with Crippen molar-refractivity contribution in [3.63, 3.8) is 0 Å². The van der Waals surface area contributed by atoms with Crippen LogP contribution in [0.15, 0.2) is 12.4 Å². The van der Waals surface area contributed by atoms with Gasteiger partial charge >= 0.3 is 6.18 Å². The van der Waals surface area contributed by atoms with Gasteiger partial charge in [-0.3, -0.25) is 15.4 Å². The molecule has 1 aliphatic carbocycles. The summed E-state index contributed by atoms with van der Waals surface area (Å²) in [6.07, 6.45) is 0.599. The minimum Gasteiger partial charge on any atom is -0.291 e. The highest BCUT2D eigenvalue weighted by Crippen LogP contribution is 2.42. The first-order chi connectivity index (χ1) is 8.91. The summed E-state index contributed by atoms with van der Waals surface area (Å²) in [6.45, 7) is 1.95. The predicted octanol–water partition coefficient (Wildman–Crippen LogP) is 3.61. The van der Waals surface area contributed by atoms with Crippen molar-refractivity contribution in [2.24, 2.45) is 11.8 Å². The molecule has 1 atom stereocenters. The molecule has 0 amide bonds. The molecule has 0 saturated heterocycles. The van der Waals surface area contributed by atoms with E-state index in [-0.39, 0.29) is 24.8 Å². The Kier molecular flexibility index (Phi) is 4.03. The fraction of sp³-hybridized carbons (Fsp3) is 0.750. The molecule has 1 aliphatic rings. The maximum atomic E-state index is 12.6. The van der Waals surface area contributed by atoms with Gasteiger partial charge in [-0.1, -0.05) is 0 Å². The standard InChI is InChI=1S/C12H18F3N3O/c1-8(18-7-11(17-19)6-16-18)9-2-4-10(5-3-9)12(13,14)15/h6-10,17,19H,2-5H2,1H3. The maximum absolute atomic E-state index is 12.6. The van der Waals surface area contributed by atoms with E-state index in [9.17, 15) is 13.2 Å². The van der Waals surface area contributed by atoms with Crippen LogP contribution in [0, 0.1) is 11.8 Å². The van der Waals surface area contributed by atoms with Crippen LogP contribution in [0.5, 0.6) is 0 Å². The summed E-state index contributed by atoms with van der Waals surface area (Å²) in [5.74, 6) is -0.951. The van der Waals surface area contributed by atoms with Crippen molar-refractivity contribution in [3.8, 4) is 0 Å². The number of nitrogens with one attached hydrogen (secondary N) is 1. The van der Waals surface area contributed by atoms with Gasteiger partial charge in [-0.05, 0) is 38.5 Å². The third-order valence-corrected chi connectivity index (χ3v) is 4.06. The lowest BCUT2D eigenvalue weighted by atomic mass is 9.78. The Bertz CT molecular complexity index is 411. The molecule has 1 unspecified atom stereocenters. The monoisotopic (exact) mass is 277 g/mol. The van der Waals surface area contributed by atoms with Crippen LogP contribution < -0.4 is 5.48 Å². The Labute approximate surface area is 109 Å². The molecule has 1 saturated carbocycles. The average Bonchev–Trinajstić information content (AvgIpc) is 2.86. The maximum Gasteiger partial charge on any atom is 0.391 e. The predicted molar refractivity (Wildman–Crippen MR) is 63.9 cm³/mol. The van der Waals surface area contributed by atoms with Gasteiger partial charge < -0.3 is 0 Å². The molecule has 1 heterocycles. The molecule has 4 nitrogen and oxygen atoms in total. The van der Waals surface area contributed by atoms with Crippen LogP contribution in [0.1, 0.15) is 38.6 Å². The first-order valence-electron chi connectivity index (χ1n) is 6.42. The number of hydrogen-bond acceptors (Lipinski definition) is 3. The lowest BCUT2D eigenvalue weighted by Crippen LogP contribution is -2.30. The van der Waals surface area contributed by atoms with Crippen molar-refractivity contribution >= 4 is 5.69 Å². The van der Waals surface area contributed by atoms with E-state index in [1.165, 1.54) is 6.20 Å². The molecule has 1 aromatic heterocycles. The van der Waals surface area contributed by atoms with Crippen molar-refractivity contribution in [2.75, 3.05) is 5.48 Å². The third kappa shape index (κ3) is 3.20. The Hall–Kier alpha value is -1.24. The number of hydrogen-bond donors (Lipinski definition) is 2. The summed E-state index contributed by atoms with van der Waals surface area (Å²) in [5, 5.41) is 12.8. The van der Waals surface area contributed by atoms with Gasteiger partial charge in [0.15, 0.2) is 0 Å². The van der Waals surface area contributed by atoms with Crippen LogP contribution in [-0.4, -0.2) is 21.2 Å². The van der Waals surface area contributed by atoms with Crippen LogP contribution >= 0.6 is 0 Å². The van der Waals surface area contributed by atoms with Gasteiger partial charge in [-0.2, -0.15) is 18.3 Å². The number of nitrogens with zero attached hydrogens (tertiary/aromatic N) is 2. The molecule has 0 bridgehead atoms. The molecule has 0 aliphatic heterocycles. The molecule has 0 radical (unpaired) electrons. The van der Waals surface area contributed by atoms with Gasteiger partial charge in [0.2, 0.25) is 0 Å². The van der Waals surface area contributed by atoms with Gasteiger partial charge in [0.25, 0.3) is 0 Å². The number of alkyl halides is 3. The quantitative estimate of drug-likeness (QED) is 0.830. The van der Waals surface area contributed by atoms with Gasteiger partial charge in [0.05, 0.1) is 30.0 Å². The van der Waals surface area contributed by atoms with E-state index in [1.54, 1.807) is 10.9 Å². The zero-order valence-electron chi connectivity index (χ0n) is 10.7. The molecule has 2 N–H and O–H groups in total. The average molecular weight is 277 g/mol. The highest BCUT2D eigenvalue weighted by atomic mass is 19.4. The smallest absolute Gasteiger partial charge is 0.291 e. The minimum atomic E-state index is -4.06. The Morgan fingerprint density at radius 2 is 2.00 bits per heavy atom. The topological polar surface area (TPSA) is 50.1 Å².